The molecule has 4 heterocycles. The summed E-state index contributed by atoms with van der Waals surface area (Å²) >= 11 is 0. The van der Waals surface area contributed by atoms with E-state index in [4.69, 9.17) is 9.72 Å². The summed E-state index contributed by atoms with van der Waals surface area (Å²) in [6.45, 7) is 4.50. The molecule has 0 aliphatic carbocycles. The van der Waals surface area contributed by atoms with Crippen molar-refractivity contribution in [3.8, 4) is 11.4 Å². The minimum atomic E-state index is -0.291. The fraction of sp³-hybridized carbons (Fsp3) is 0.500. The number of nitrogens with zero attached hydrogens (tertiary/aromatic N) is 3. The number of hydrogen-bond acceptors (Lipinski definition) is 5. The molecule has 5 rings (SSSR count). The van der Waals surface area contributed by atoms with Crippen LogP contribution in [-0.2, 0) is 21.6 Å². The highest BCUT2D eigenvalue weighted by molar-refractivity contribution is 5.78. The number of likely N-dealkylation sites (tertiary alicyclic amines) is 1. The Labute approximate surface area is 165 Å². The summed E-state index contributed by atoms with van der Waals surface area (Å²) in [5.41, 5.74) is 3.07. The molecule has 1 unspecified atom stereocenters. The van der Waals surface area contributed by atoms with Gasteiger partial charge in [-0.05, 0) is 30.7 Å². The van der Waals surface area contributed by atoms with Gasteiger partial charge in [0.15, 0.2) is 5.82 Å². The molecule has 1 N–H and O–H groups in total. The van der Waals surface area contributed by atoms with Gasteiger partial charge in [0.1, 0.15) is 5.60 Å². The van der Waals surface area contributed by atoms with E-state index in [-0.39, 0.29) is 11.5 Å². The van der Waals surface area contributed by atoms with E-state index >= 15 is 0 Å². The van der Waals surface area contributed by atoms with Crippen LogP contribution in [0, 0.1) is 5.92 Å². The van der Waals surface area contributed by atoms with Crippen molar-refractivity contribution in [3.05, 3.63) is 47.8 Å². The first-order chi connectivity index (χ1) is 13.7. The molecule has 6 heteroatoms. The third-order valence-electron chi connectivity index (χ3n) is 6.32. The van der Waals surface area contributed by atoms with Crippen molar-refractivity contribution >= 4 is 5.91 Å². The van der Waals surface area contributed by atoms with Gasteiger partial charge in [-0.3, -0.25) is 4.79 Å². The maximum Gasteiger partial charge on any atom is 0.220 e. The van der Waals surface area contributed by atoms with Crippen molar-refractivity contribution in [2.24, 2.45) is 5.92 Å². The molecule has 3 aliphatic heterocycles. The maximum atomic E-state index is 11.5. The summed E-state index contributed by atoms with van der Waals surface area (Å²) in [5.74, 6) is 1.41. The van der Waals surface area contributed by atoms with E-state index in [0.717, 1.165) is 69.1 Å². The summed E-state index contributed by atoms with van der Waals surface area (Å²) in [5, 5.41) is 2.94. The number of fused-ring (bicyclic) bond motifs is 2. The Kier molecular flexibility index (Phi) is 4.61. The van der Waals surface area contributed by atoms with E-state index in [0.29, 0.717) is 12.3 Å². The van der Waals surface area contributed by atoms with Crippen LogP contribution in [0.2, 0.25) is 0 Å². The number of ether oxygens (including phenoxy) is 1. The minimum absolute atomic E-state index is 0.188. The van der Waals surface area contributed by atoms with Crippen LogP contribution in [0.1, 0.15) is 30.5 Å². The van der Waals surface area contributed by atoms with Crippen LogP contribution >= 0.6 is 0 Å². The average molecular weight is 378 g/mol. The second-order valence-electron chi connectivity index (χ2n) is 8.20. The van der Waals surface area contributed by atoms with Crippen LogP contribution in [-0.4, -0.2) is 53.6 Å². The van der Waals surface area contributed by atoms with E-state index in [2.05, 4.69) is 27.3 Å². The molecule has 3 aliphatic rings. The molecule has 1 aromatic heterocycles. The first-order valence-corrected chi connectivity index (χ1v) is 10.3. The van der Waals surface area contributed by atoms with Crippen molar-refractivity contribution in [1.82, 2.24) is 20.2 Å². The molecule has 2 aromatic rings. The zero-order chi connectivity index (χ0) is 19.0. The average Bonchev–Trinajstić information content (AvgIpc) is 3.15. The van der Waals surface area contributed by atoms with Crippen molar-refractivity contribution in [2.45, 2.75) is 31.3 Å². The van der Waals surface area contributed by atoms with Crippen molar-refractivity contribution < 1.29 is 9.53 Å². The molecule has 2 saturated heterocycles. The van der Waals surface area contributed by atoms with E-state index < -0.39 is 0 Å². The Morgan fingerprint density at radius 2 is 2.04 bits per heavy atom. The second-order valence-corrected chi connectivity index (χ2v) is 8.20. The Bertz CT molecular complexity index is 862. The molecule has 1 amide bonds. The number of piperidine rings is 1. The lowest BCUT2D eigenvalue weighted by Crippen LogP contribution is -2.48. The van der Waals surface area contributed by atoms with Gasteiger partial charge in [-0.15, -0.1) is 0 Å². The zero-order valence-electron chi connectivity index (χ0n) is 16.1. The number of aromatic nitrogens is 2. The van der Waals surface area contributed by atoms with Crippen LogP contribution in [0.4, 0.5) is 0 Å². The highest BCUT2D eigenvalue weighted by Crippen LogP contribution is 2.41. The summed E-state index contributed by atoms with van der Waals surface area (Å²) < 4.78 is 6.38. The lowest BCUT2D eigenvalue weighted by molar-refractivity contribution is -0.119. The third kappa shape index (κ3) is 3.31. The molecule has 1 aromatic carbocycles. The first-order valence-electron chi connectivity index (χ1n) is 10.3. The maximum absolute atomic E-state index is 11.5. The molecule has 28 heavy (non-hydrogen) atoms. The third-order valence-corrected chi connectivity index (χ3v) is 6.32. The number of rotatable bonds is 3. The minimum Gasteiger partial charge on any atom is -0.368 e. The molecule has 0 radical (unpaired) electrons. The number of carbonyl (C=O) groups is 1. The highest BCUT2D eigenvalue weighted by atomic mass is 16.5. The predicted molar refractivity (Wildman–Crippen MR) is 106 cm³/mol. The SMILES string of the molecule is O=C1CC(CN2CCC3(CC2)OCCc2cnc(-c4ccccc4)nc23)CN1. The summed E-state index contributed by atoms with van der Waals surface area (Å²) in [6.07, 6.45) is 5.43. The summed E-state index contributed by atoms with van der Waals surface area (Å²) in [6, 6.07) is 10.2. The van der Waals surface area contributed by atoms with E-state index in [1.165, 1.54) is 5.56 Å². The van der Waals surface area contributed by atoms with Gasteiger partial charge < -0.3 is 15.0 Å². The normalized spacial score (nSPS) is 24.1. The van der Waals surface area contributed by atoms with Crippen LogP contribution in [0.5, 0.6) is 0 Å². The number of benzene rings is 1. The molecule has 1 spiro atoms. The summed E-state index contributed by atoms with van der Waals surface area (Å²) in [7, 11) is 0. The first kappa shape index (κ1) is 17.8. The van der Waals surface area contributed by atoms with E-state index in [1.807, 2.05) is 24.4 Å². The van der Waals surface area contributed by atoms with Gasteiger partial charge >= 0.3 is 0 Å². The molecular formula is C22H26N4O2. The Hall–Kier alpha value is -2.31. The van der Waals surface area contributed by atoms with Crippen molar-refractivity contribution in [1.29, 1.82) is 0 Å². The van der Waals surface area contributed by atoms with Crippen molar-refractivity contribution in [3.63, 3.8) is 0 Å². The lowest BCUT2D eigenvalue weighted by atomic mass is 9.83. The standard InChI is InChI=1S/C22H26N4O2/c27-19-12-16(13-23-19)15-26-9-7-22(8-10-26)20-18(6-11-28-22)14-24-21(25-20)17-4-2-1-3-5-17/h1-5,14,16H,6-13,15H2,(H,23,27). The molecule has 0 bridgehead atoms. The van der Waals surface area contributed by atoms with Crippen LogP contribution in [0.15, 0.2) is 36.5 Å². The van der Waals surface area contributed by atoms with Crippen LogP contribution in [0.3, 0.4) is 0 Å². The second kappa shape index (κ2) is 7.26. The summed E-state index contributed by atoms with van der Waals surface area (Å²) in [4.78, 5) is 23.5. The van der Waals surface area contributed by atoms with Gasteiger partial charge in [0.2, 0.25) is 5.91 Å². The largest absolute Gasteiger partial charge is 0.368 e. The molecule has 2 fully saturated rings. The van der Waals surface area contributed by atoms with Gasteiger partial charge in [-0.25, -0.2) is 9.97 Å². The number of hydrogen-bond donors (Lipinski definition) is 1. The topological polar surface area (TPSA) is 67.4 Å². The number of amides is 1. The van der Waals surface area contributed by atoms with Gasteiger partial charge in [-0.2, -0.15) is 0 Å². The number of carbonyl (C=O) groups excluding carboxylic acids is 1. The molecule has 6 nitrogen and oxygen atoms in total. The van der Waals surface area contributed by atoms with Gasteiger partial charge in [0, 0.05) is 44.4 Å². The van der Waals surface area contributed by atoms with Crippen LogP contribution < -0.4 is 5.32 Å². The van der Waals surface area contributed by atoms with Gasteiger partial charge in [-0.1, -0.05) is 30.3 Å². The van der Waals surface area contributed by atoms with E-state index in [1.54, 1.807) is 0 Å². The van der Waals surface area contributed by atoms with Gasteiger partial charge in [0.25, 0.3) is 0 Å². The lowest BCUT2D eigenvalue weighted by Gasteiger charge is -2.44. The number of nitrogens with one attached hydrogen (secondary N) is 1. The fourth-order valence-corrected chi connectivity index (χ4v) is 4.77. The predicted octanol–water partition coefficient (Wildman–Crippen LogP) is 2.14. The Morgan fingerprint density at radius 3 is 2.79 bits per heavy atom. The fourth-order valence-electron chi connectivity index (χ4n) is 4.77. The van der Waals surface area contributed by atoms with E-state index in [9.17, 15) is 4.79 Å². The molecule has 0 saturated carbocycles. The van der Waals surface area contributed by atoms with Crippen molar-refractivity contribution in [2.75, 3.05) is 32.8 Å². The zero-order valence-corrected chi connectivity index (χ0v) is 16.1. The Morgan fingerprint density at radius 1 is 1.21 bits per heavy atom. The molecular weight excluding hydrogens is 352 g/mol. The quantitative estimate of drug-likeness (QED) is 0.886. The smallest absolute Gasteiger partial charge is 0.220 e. The Balaban J connectivity index is 1.35. The van der Waals surface area contributed by atoms with Crippen LogP contribution in [0.25, 0.3) is 11.4 Å². The highest BCUT2D eigenvalue weighted by Gasteiger charge is 2.43. The molecule has 146 valence electrons. The monoisotopic (exact) mass is 378 g/mol. The molecule has 1 atom stereocenters. The van der Waals surface area contributed by atoms with Gasteiger partial charge in [0.05, 0.1) is 12.3 Å².